The number of benzene rings is 1. The van der Waals surface area contributed by atoms with Crippen LogP contribution < -0.4 is 4.90 Å². The van der Waals surface area contributed by atoms with Crippen molar-refractivity contribution in [3.63, 3.8) is 0 Å². The predicted octanol–water partition coefficient (Wildman–Crippen LogP) is 2.78. The highest BCUT2D eigenvalue weighted by molar-refractivity contribution is 5.93. The molecule has 0 fully saturated rings. The molecule has 0 bridgehead atoms. The Morgan fingerprint density at radius 2 is 2.11 bits per heavy atom. The van der Waals surface area contributed by atoms with Crippen LogP contribution in [0.3, 0.4) is 0 Å². The van der Waals surface area contributed by atoms with Crippen LogP contribution in [-0.2, 0) is 10.2 Å². The number of para-hydroxylation sites is 1. The summed E-state index contributed by atoms with van der Waals surface area (Å²) in [5.41, 5.74) is 3.09. The number of hydrogen-bond acceptors (Lipinski definition) is 3. The number of nitrogens with zero attached hydrogens (tertiary/aromatic N) is 2. The lowest BCUT2D eigenvalue weighted by atomic mass is 9.83. The van der Waals surface area contributed by atoms with Gasteiger partial charge < -0.3 is 4.90 Å². The summed E-state index contributed by atoms with van der Waals surface area (Å²) < 4.78 is 0. The Kier molecular flexibility index (Phi) is 2.96. The van der Waals surface area contributed by atoms with Crippen LogP contribution in [0.15, 0.2) is 36.0 Å². The third-order valence-electron chi connectivity index (χ3n) is 3.49. The highest BCUT2D eigenvalue weighted by Crippen LogP contribution is 2.46. The number of carbonyl (C=O) groups is 1. The summed E-state index contributed by atoms with van der Waals surface area (Å²) in [7, 11) is 1.96. The SMILES string of the molecule is CN1/C(=C/C(=O)CC#N)C(C)(C)c2ccccc21. The van der Waals surface area contributed by atoms with Crippen molar-refractivity contribution in [1.82, 2.24) is 0 Å². The topological polar surface area (TPSA) is 44.1 Å². The summed E-state index contributed by atoms with van der Waals surface area (Å²) in [6.45, 7) is 4.20. The van der Waals surface area contributed by atoms with E-state index in [4.69, 9.17) is 5.26 Å². The second-order valence-corrected chi connectivity index (χ2v) is 5.03. The normalized spacial score (nSPS) is 18.6. The summed E-state index contributed by atoms with van der Waals surface area (Å²) in [6.07, 6.45) is 1.53. The monoisotopic (exact) mass is 240 g/mol. The van der Waals surface area contributed by atoms with Gasteiger partial charge in [0.05, 0.1) is 12.5 Å². The fourth-order valence-electron chi connectivity index (χ4n) is 2.54. The molecule has 1 heterocycles. The zero-order chi connectivity index (χ0) is 13.3. The van der Waals surface area contributed by atoms with Crippen LogP contribution in [0.5, 0.6) is 0 Å². The van der Waals surface area contributed by atoms with Crippen molar-refractivity contribution in [3.05, 3.63) is 41.6 Å². The molecule has 0 atom stereocenters. The number of fused-ring (bicyclic) bond motifs is 1. The van der Waals surface area contributed by atoms with Crippen molar-refractivity contribution in [2.24, 2.45) is 0 Å². The summed E-state index contributed by atoms with van der Waals surface area (Å²) >= 11 is 0. The molecule has 1 aromatic carbocycles. The Balaban J connectivity index is 2.48. The van der Waals surface area contributed by atoms with Crippen molar-refractivity contribution in [2.75, 3.05) is 11.9 Å². The average Bonchev–Trinajstić information content (AvgIpc) is 2.52. The molecule has 1 aromatic rings. The van der Waals surface area contributed by atoms with Gasteiger partial charge in [-0.2, -0.15) is 5.26 Å². The van der Waals surface area contributed by atoms with E-state index in [2.05, 4.69) is 19.9 Å². The van der Waals surface area contributed by atoms with Gasteiger partial charge in [-0.3, -0.25) is 4.79 Å². The fourth-order valence-corrected chi connectivity index (χ4v) is 2.54. The molecular weight excluding hydrogens is 224 g/mol. The molecule has 0 spiro atoms. The van der Waals surface area contributed by atoms with Gasteiger partial charge in [0.15, 0.2) is 5.78 Å². The highest BCUT2D eigenvalue weighted by atomic mass is 16.1. The number of nitriles is 1. The second-order valence-electron chi connectivity index (χ2n) is 5.03. The maximum atomic E-state index is 11.7. The van der Waals surface area contributed by atoms with Crippen molar-refractivity contribution < 1.29 is 4.79 Å². The first-order chi connectivity index (χ1) is 8.48. The zero-order valence-electron chi connectivity index (χ0n) is 10.9. The van der Waals surface area contributed by atoms with Crippen molar-refractivity contribution >= 4 is 11.5 Å². The van der Waals surface area contributed by atoms with Gasteiger partial charge in [0.2, 0.25) is 0 Å². The van der Waals surface area contributed by atoms with Gasteiger partial charge >= 0.3 is 0 Å². The van der Waals surface area contributed by atoms with Gasteiger partial charge in [0.25, 0.3) is 0 Å². The molecule has 0 saturated heterocycles. The summed E-state index contributed by atoms with van der Waals surface area (Å²) in [5, 5.41) is 8.57. The van der Waals surface area contributed by atoms with Crippen LogP contribution in [-0.4, -0.2) is 12.8 Å². The molecule has 0 N–H and O–H groups in total. The Morgan fingerprint density at radius 1 is 1.44 bits per heavy atom. The zero-order valence-corrected chi connectivity index (χ0v) is 10.9. The first-order valence-corrected chi connectivity index (χ1v) is 5.93. The number of hydrogen-bond donors (Lipinski definition) is 0. The number of anilines is 1. The molecule has 0 aliphatic carbocycles. The minimum absolute atomic E-state index is 0.0657. The molecule has 1 aliphatic rings. The fraction of sp³-hybridized carbons (Fsp3) is 0.333. The van der Waals surface area contributed by atoms with E-state index in [9.17, 15) is 4.79 Å². The van der Waals surface area contributed by atoms with E-state index in [0.717, 1.165) is 11.4 Å². The maximum Gasteiger partial charge on any atom is 0.171 e. The number of ketones is 1. The number of carbonyl (C=O) groups excluding carboxylic acids is 1. The minimum atomic E-state index is -0.198. The van der Waals surface area contributed by atoms with E-state index in [-0.39, 0.29) is 17.6 Å². The number of allylic oxidation sites excluding steroid dienone is 2. The predicted molar refractivity (Wildman–Crippen MR) is 71.2 cm³/mol. The van der Waals surface area contributed by atoms with Crippen molar-refractivity contribution in [3.8, 4) is 6.07 Å². The summed E-state index contributed by atoms with van der Waals surface area (Å²) in [4.78, 5) is 13.7. The van der Waals surface area contributed by atoms with Crippen LogP contribution in [0.25, 0.3) is 0 Å². The Labute approximate surface area is 107 Å². The molecule has 3 nitrogen and oxygen atoms in total. The van der Waals surface area contributed by atoms with Crippen molar-refractivity contribution in [1.29, 1.82) is 5.26 Å². The third-order valence-corrected chi connectivity index (χ3v) is 3.49. The van der Waals surface area contributed by atoms with E-state index < -0.39 is 0 Å². The molecule has 0 unspecified atom stereocenters. The van der Waals surface area contributed by atoms with Gasteiger partial charge in [-0.25, -0.2) is 0 Å². The molecule has 0 aromatic heterocycles. The first-order valence-electron chi connectivity index (χ1n) is 5.93. The van der Waals surface area contributed by atoms with Gasteiger partial charge in [0.1, 0.15) is 0 Å². The number of rotatable bonds is 2. The Bertz CT molecular complexity index is 564. The molecule has 0 saturated carbocycles. The highest BCUT2D eigenvalue weighted by Gasteiger charge is 2.38. The Hall–Kier alpha value is -2.08. The van der Waals surface area contributed by atoms with Gasteiger partial charge in [-0.15, -0.1) is 0 Å². The van der Waals surface area contributed by atoms with Crippen molar-refractivity contribution in [2.45, 2.75) is 25.7 Å². The maximum absolute atomic E-state index is 11.7. The lowest BCUT2D eigenvalue weighted by molar-refractivity contribution is -0.113. The first kappa shape index (κ1) is 12.4. The quantitative estimate of drug-likeness (QED) is 0.747. The lowest BCUT2D eigenvalue weighted by Gasteiger charge is -2.23. The third kappa shape index (κ3) is 1.80. The van der Waals surface area contributed by atoms with E-state index in [0.29, 0.717) is 0 Å². The van der Waals surface area contributed by atoms with Gasteiger partial charge in [-0.05, 0) is 11.6 Å². The average molecular weight is 240 g/mol. The van der Waals surface area contributed by atoms with Crippen LogP contribution in [0.2, 0.25) is 0 Å². The molecule has 3 heteroatoms. The Morgan fingerprint density at radius 3 is 2.72 bits per heavy atom. The van der Waals surface area contributed by atoms with Crippen LogP contribution >= 0.6 is 0 Å². The molecule has 92 valence electrons. The van der Waals surface area contributed by atoms with E-state index >= 15 is 0 Å². The standard InChI is InChI=1S/C15H16N2O/c1-15(2)12-6-4-5-7-13(12)17(3)14(15)10-11(18)8-9-16/h4-7,10H,8H2,1-3H3/b14-10+. The molecule has 0 amide bonds. The van der Waals surface area contributed by atoms with E-state index in [1.54, 1.807) is 6.08 Å². The molecule has 18 heavy (non-hydrogen) atoms. The minimum Gasteiger partial charge on any atom is -0.347 e. The molecular formula is C15H16N2O. The molecule has 2 rings (SSSR count). The molecule has 0 radical (unpaired) electrons. The molecule has 1 aliphatic heterocycles. The van der Waals surface area contributed by atoms with Crippen LogP contribution in [0.1, 0.15) is 25.8 Å². The van der Waals surface area contributed by atoms with Crippen LogP contribution in [0, 0.1) is 11.3 Å². The lowest BCUT2D eigenvalue weighted by Crippen LogP contribution is -2.24. The largest absolute Gasteiger partial charge is 0.347 e. The van der Waals surface area contributed by atoms with E-state index in [1.807, 2.05) is 36.2 Å². The van der Waals surface area contributed by atoms with Crippen LogP contribution in [0.4, 0.5) is 5.69 Å². The number of likely N-dealkylation sites (N-methyl/N-ethyl adjacent to an activating group) is 1. The van der Waals surface area contributed by atoms with Gasteiger partial charge in [0, 0.05) is 29.9 Å². The van der Waals surface area contributed by atoms with Gasteiger partial charge in [-0.1, -0.05) is 32.0 Å². The van der Waals surface area contributed by atoms with E-state index in [1.165, 1.54) is 5.56 Å². The summed E-state index contributed by atoms with van der Waals surface area (Å²) in [6, 6.07) is 10.0. The summed E-state index contributed by atoms with van der Waals surface area (Å²) in [5.74, 6) is -0.139. The second kappa shape index (κ2) is 4.30. The smallest absolute Gasteiger partial charge is 0.171 e.